The Morgan fingerprint density at radius 3 is 2.88 bits per heavy atom. The van der Waals surface area contributed by atoms with Gasteiger partial charge in [0.15, 0.2) is 10.3 Å². The Morgan fingerprint density at radius 2 is 2.18 bits per heavy atom. The molecule has 2 N–H and O–H groups in total. The van der Waals surface area contributed by atoms with Gasteiger partial charge in [-0.1, -0.05) is 11.3 Å². The topological polar surface area (TPSA) is 97.3 Å². The highest BCUT2D eigenvalue weighted by atomic mass is 32.2. The van der Waals surface area contributed by atoms with Gasteiger partial charge in [0.05, 0.1) is 15.5 Å². The molecule has 0 spiro atoms. The van der Waals surface area contributed by atoms with Crippen LogP contribution >= 0.6 is 23.1 Å². The number of amidine groups is 1. The van der Waals surface area contributed by atoms with Crippen LogP contribution in [-0.2, 0) is 14.3 Å². The summed E-state index contributed by atoms with van der Waals surface area (Å²) >= 11 is 2.70. The molecule has 1 aliphatic heterocycles. The van der Waals surface area contributed by atoms with Crippen molar-refractivity contribution in [2.75, 3.05) is 46.3 Å². The van der Waals surface area contributed by atoms with Crippen LogP contribution in [-0.4, -0.2) is 68.3 Å². The van der Waals surface area contributed by atoms with E-state index in [-0.39, 0.29) is 5.91 Å². The van der Waals surface area contributed by atoms with E-state index in [2.05, 4.69) is 25.5 Å². The normalized spacial score (nSPS) is 17.1. The second-order valence-electron chi connectivity index (χ2n) is 7.32. The average molecular weight is 492 g/mol. The number of nitrogens with zero attached hydrogens (tertiary/aromatic N) is 3. The van der Waals surface area contributed by atoms with Crippen molar-refractivity contribution in [1.29, 1.82) is 0 Å². The van der Waals surface area contributed by atoms with Crippen LogP contribution in [0.25, 0.3) is 6.08 Å². The van der Waals surface area contributed by atoms with Crippen molar-refractivity contribution in [3.05, 3.63) is 39.7 Å². The van der Waals surface area contributed by atoms with Gasteiger partial charge in [-0.25, -0.2) is 9.98 Å². The molecule has 178 valence electrons. The molecule has 1 saturated heterocycles. The molecule has 1 aliphatic rings. The SMILES string of the molecule is CCOC(Nc1ncc(/C=C2\SC(=Nc3ccc(OCCN(C)C)cc3C)NC2=O)s1)OC. The molecular formula is C22H29N5O4S2. The number of thioether (sulfide) groups is 1. The van der Waals surface area contributed by atoms with Crippen LogP contribution in [0.2, 0.25) is 0 Å². The summed E-state index contributed by atoms with van der Waals surface area (Å²) in [4.78, 5) is 24.8. The van der Waals surface area contributed by atoms with Crippen molar-refractivity contribution in [3.63, 3.8) is 0 Å². The summed E-state index contributed by atoms with van der Waals surface area (Å²) in [5.74, 6) is 0.615. The summed E-state index contributed by atoms with van der Waals surface area (Å²) in [7, 11) is 5.57. The molecule has 11 heteroatoms. The summed E-state index contributed by atoms with van der Waals surface area (Å²) in [5, 5.41) is 7.05. The lowest BCUT2D eigenvalue weighted by molar-refractivity contribution is -0.115. The van der Waals surface area contributed by atoms with E-state index < -0.39 is 6.41 Å². The number of methoxy groups -OCH3 is 1. The summed E-state index contributed by atoms with van der Waals surface area (Å²) in [6.07, 6.45) is 2.92. The number of benzene rings is 1. The van der Waals surface area contributed by atoms with Gasteiger partial charge >= 0.3 is 0 Å². The van der Waals surface area contributed by atoms with E-state index >= 15 is 0 Å². The minimum atomic E-state index is -0.572. The van der Waals surface area contributed by atoms with E-state index in [0.29, 0.717) is 28.4 Å². The van der Waals surface area contributed by atoms with Crippen LogP contribution < -0.4 is 15.4 Å². The number of rotatable bonds is 11. The zero-order valence-corrected chi connectivity index (χ0v) is 21.0. The fraction of sp³-hybridized carbons (Fsp3) is 0.409. The van der Waals surface area contributed by atoms with Gasteiger partial charge in [0.2, 0.25) is 6.41 Å². The number of anilines is 1. The highest BCUT2D eigenvalue weighted by Gasteiger charge is 2.24. The van der Waals surface area contributed by atoms with Crippen molar-refractivity contribution in [2.24, 2.45) is 4.99 Å². The first-order chi connectivity index (χ1) is 15.9. The van der Waals surface area contributed by atoms with Gasteiger partial charge in [-0.3, -0.25) is 4.79 Å². The second-order valence-corrected chi connectivity index (χ2v) is 9.41. The van der Waals surface area contributed by atoms with Crippen LogP contribution in [0.5, 0.6) is 5.75 Å². The Bertz CT molecular complexity index is 1020. The number of aliphatic imine (C=N–C) groups is 1. The van der Waals surface area contributed by atoms with E-state index in [4.69, 9.17) is 14.2 Å². The second kappa shape index (κ2) is 12.1. The minimum absolute atomic E-state index is 0.188. The molecule has 3 rings (SSSR count). The third-order valence-corrected chi connectivity index (χ3v) is 6.20. The van der Waals surface area contributed by atoms with Crippen LogP contribution in [0.15, 0.2) is 34.3 Å². The van der Waals surface area contributed by atoms with Gasteiger partial charge in [0.1, 0.15) is 12.4 Å². The average Bonchev–Trinajstić information content (AvgIpc) is 3.35. The Labute approximate surface area is 202 Å². The number of ether oxygens (including phenoxy) is 3. The molecule has 2 aromatic rings. The molecule has 1 aromatic carbocycles. The van der Waals surface area contributed by atoms with Crippen molar-refractivity contribution in [3.8, 4) is 5.75 Å². The molecule has 1 fully saturated rings. The van der Waals surface area contributed by atoms with Crippen LogP contribution in [0.1, 0.15) is 17.4 Å². The van der Waals surface area contributed by atoms with Crippen molar-refractivity contribution >= 4 is 51.1 Å². The predicted octanol–water partition coefficient (Wildman–Crippen LogP) is 3.66. The van der Waals surface area contributed by atoms with Gasteiger partial charge < -0.3 is 29.7 Å². The molecule has 1 aromatic heterocycles. The Hall–Kier alpha value is -2.44. The highest BCUT2D eigenvalue weighted by molar-refractivity contribution is 8.18. The molecule has 1 unspecified atom stereocenters. The number of likely N-dealkylation sites (N-methyl/N-ethyl adjacent to an activating group) is 1. The van der Waals surface area contributed by atoms with E-state index in [1.165, 1.54) is 23.1 Å². The Balaban J connectivity index is 1.64. The number of hydrogen-bond acceptors (Lipinski definition) is 10. The van der Waals surface area contributed by atoms with Crippen LogP contribution in [0, 0.1) is 6.92 Å². The maximum Gasteiger partial charge on any atom is 0.264 e. The third kappa shape index (κ3) is 7.54. The van der Waals surface area contributed by atoms with Gasteiger partial charge in [-0.2, -0.15) is 0 Å². The molecule has 33 heavy (non-hydrogen) atoms. The number of aryl methyl sites for hydroxylation is 1. The number of carbonyl (C=O) groups excluding carboxylic acids is 1. The molecule has 0 aliphatic carbocycles. The number of hydrogen-bond donors (Lipinski definition) is 2. The maximum atomic E-state index is 12.4. The number of nitrogens with one attached hydrogen (secondary N) is 2. The molecular weight excluding hydrogens is 462 g/mol. The van der Waals surface area contributed by atoms with Gasteiger partial charge in [-0.15, -0.1) is 0 Å². The van der Waals surface area contributed by atoms with Gasteiger partial charge in [-0.05, 0) is 69.5 Å². The van der Waals surface area contributed by atoms with Crippen LogP contribution in [0.3, 0.4) is 0 Å². The molecule has 1 atom stereocenters. The predicted molar refractivity (Wildman–Crippen MR) is 134 cm³/mol. The standard InChI is InChI=1S/C22H29N5O4S2/c1-6-30-22(29-5)26-20-23-13-16(32-20)12-18-19(28)25-21(33-18)24-17-8-7-15(11-14(17)2)31-10-9-27(3)4/h7-8,11-13,22H,6,9-10H2,1-5H3,(H,23,26)(H,24,25,28)/b18-12-. The molecule has 1 amide bonds. The zero-order valence-electron chi connectivity index (χ0n) is 19.4. The molecule has 9 nitrogen and oxygen atoms in total. The molecule has 0 bridgehead atoms. The van der Waals surface area contributed by atoms with E-state index in [1.54, 1.807) is 19.4 Å². The first-order valence-electron chi connectivity index (χ1n) is 10.4. The van der Waals surface area contributed by atoms with E-state index in [9.17, 15) is 4.79 Å². The summed E-state index contributed by atoms with van der Waals surface area (Å²) in [5.41, 5.74) is 1.75. The Kier molecular flexibility index (Phi) is 9.27. The van der Waals surface area contributed by atoms with Gasteiger partial charge in [0, 0.05) is 26.5 Å². The Morgan fingerprint density at radius 1 is 1.36 bits per heavy atom. The monoisotopic (exact) mass is 491 g/mol. The number of carbonyl (C=O) groups is 1. The number of amides is 1. The summed E-state index contributed by atoms with van der Waals surface area (Å²) in [6.45, 7) is 5.83. The summed E-state index contributed by atoms with van der Waals surface area (Å²) < 4.78 is 16.4. The van der Waals surface area contributed by atoms with Crippen LogP contribution in [0.4, 0.5) is 10.8 Å². The van der Waals surface area contributed by atoms with Crippen molar-refractivity contribution in [2.45, 2.75) is 20.3 Å². The fourth-order valence-corrected chi connectivity index (χ4v) is 4.42. The highest BCUT2D eigenvalue weighted by Crippen LogP contribution is 2.32. The van der Waals surface area contributed by atoms with Crippen molar-refractivity contribution in [1.82, 2.24) is 15.2 Å². The lowest BCUT2D eigenvalue weighted by Gasteiger charge is -2.15. The van der Waals surface area contributed by atoms with Crippen molar-refractivity contribution < 1.29 is 19.0 Å². The largest absolute Gasteiger partial charge is 0.492 e. The number of aromatic nitrogens is 1. The van der Waals surface area contributed by atoms with Gasteiger partial charge in [0.25, 0.3) is 5.91 Å². The minimum Gasteiger partial charge on any atom is -0.492 e. The number of thiazole rings is 1. The van der Waals surface area contributed by atoms with E-state index in [0.717, 1.165) is 28.4 Å². The summed E-state index contributed by atoms with van der Waals surface area (Å²) in [6, 6.07) is 5.74. The molecule has 0 saturated carbocycles. The first-order valence-corrected chi connectivity index (χ1v) is 12.1. The molecule has 0 radical (unpaired) electrons. The third-order valence-electron chi connectivity index (χ3n) is 4.42. The lowest BCUT2D eigenvalue weighted by atomic mass is 10.2. The fourth-order valence-electron chi connectivity index (χ4n) is 2.75. The van der Waals surface area contributed by atoms with E-state index in [1.807, 2.05) is 46.1 Å². The smallest absolute Gasteiger partial charge is 0.264 e. The first kappa shape index (κ1) is 25.2. The zero-order chi connectivity index (χ0) is 23.8. The maximum absolute atomic E-state index is 12.4. The quantitative estimate of drug-likeness (QED) is 0.363. The lowest BCUT2D eigenvalue weighted by Crippen LogP contribution is -2.24. The molecule has 2 heterocycles.